The van der Waals surface area contributed by atoms with Crippen LogP contribution in [0.1, 0.15) is 5.56 Å². The maximum absolute atomic E-state index is 11.4. The quantitative estimate of drug-likeness (QED) is 0.831. The Balaban J connectivity index is 2.51. The zero-order chi connectivity index (χ0) is 13.2. The summed E-state index contributed by atoms with van der Waals surface area (Å²) in [5, 5.41) is 9.02. The Morgan fingerprint density at radius 2 is 1.61 bits per heavy atom. The van der Waals surface area contributed by atoms with Crippen LogP contribution in [0, 0.1) is 11.3 Å². The first-order chi connectivity index (χ1) is 8.52. The third kappa shape index (κ3) is 2.41. The molecule has 0 aliphatic carbocycles. The zero-order valence-electron chi connectivity index (χ0n) is 9.79. The molecule has 0 saturated carbocycles. The molecule has 0 aromatic heterocycles. The number of nitriles is 1. The van der Waals surface area contributed by atoms with Gasteiger partial charge < -0.3 is 0 Å². The summed E-state index contributed by atoms with van der Waals surface area (Å²) in [7, 11) is -3.18. The van der Waals surface area contributed by atoms with Gasteiger partial charge in [-0.15, -0.1) is 0 Å². The molecule has 90 valence electrons. The highest BCUT2D eigenvalue weighted by Crippen LogP contribution is 2.24. The van der Waals surface area contributed by atoms with Crippen molar-refractivity contribution < 1.29 is 8.42 Å². The molecule has 0 N–H and O–H groups in total. The Morgan fingerprint density at radius 3 is 2.17 bits per heavy atom. The Labute approximate surface area is 106 Å². The van der Waals surface area contributed by atoms with E-state index in [2.05, 4.69) is 6.07 Å². The van der Waals surface area contributed by atoms with E-state index in [1.165, 1.54) is 6.26 Å². The average Bonchev–Trinajstić information content (AvgIpc) is 2.38. The zero-order valence-corrected chi connectivity index (χ0v) is 10.6. The lowest BCUT2D eigenvalue weighted by Crippen LogP contribution is -1.96. The third-order valence-corrected chi connectivity index (χ3v) is 3.77. The maximum Gasteiger partial charge on any atom is 0.175 e. The average molecular weight is 257 g/mol. The van der Waals surface area contributed by atoms with Crippen LogP contribution in [0.25, 0.3) is 11.1 Å². The summed E-state index contributed by atoms with van der Waals surface area (Å²) in [5.41, 5.74) is 2.21. The van der Waals surface area contributed by atoms with Gasteiger partial charge in [0.2, 0.25) is 0 Å². The van der Waals surface area contributed by atoms with E-state index in [0.717, 1.165) is 11.1 Å². The number of sulfone groups is 1. The van der Waals surface area contributed by atoms with Gasteiger partial charge in [-0.05, 0) is 29.3 Å². The topological polar surface area (TPSA) is 57.9 Å². The van der Waals surface area contributed by atoms with Crippen molar-refractivity contribution in [3.05, 3.63) is 54.1 Å². The van der Waals surface area contributed by atoms with Crippen LogP contribution in [-0.4, -0.2) is 14.7 Å². The molecule has 0 aliphatic heterocycles. The Hall–Kier alpha value is -2.12. The van der Waals surface area contributed by atoms with Crippen molar-refractivity contribution in [2.24, 2.45) is 0 Å². The largest absolute Gasteiger partial charge is 0.224 e. The molecule has 0 atom stereocenters. The van der Waals surface area contributed by atoms with Crippen molar-refractivity contribution in [3.8, 4) is 17.2 Å². The lowest BCUT2D eigenvalue weighted by Gasteiger charge is -2.05. The van der Waals surface area contributed by atoms with E-state index in [0.29, 0.717) is 5.56 Å². The van der Waals surface area contributed by atoms with E-state index in [4.69, 9.17) is 5.26 Å². The number of rotatable bonds is 2. The van der Waals surface area contributed by atoms with E-state index in [9.17, 15) is 8.42 Å². The molecule has 0 spiro atoms. The van der Waals surface area contributed by atoms with Gasteiger partial charge in [0.15, 0.2) is 9.84 Å². The van der Waals surface area contributed by atoms with Gasteiger partial charge in [0.1, 0.15) is 0 Å². The van der Waals surface area contributed by atoms with Gasteiger partial charge in [0.25, 0.3) is 0 Å². The van der Waals surface area contributed by atoms with Gasteiger partial charge in [0, 0.05) is 6.26 Å². The summed E-state index contributed by atoms with van der Waals surface area (Å²) >= 11 is 0. The predicted octanol–water partition coefficient (Wildman–Crippen LogP) is 2.63. The summed E-state index contributed by atoms with van der Waals surface area (Å²) < 4.78 is 22.7. The number of hydrogen-bond acceptors (Lipinski definition) is 3. The van der Waals surface area contributed by atoms with Crippen LogP contribution >= 0.6 is 0 Å². The minimum Gasteiger partial charge on any atom is -0.224 e. The molecule has 2 rings (SSSR count). The predicted molar refractivity (Wildman–Crippen MR) is 69.7 cm³/mol. The maximum atomic E-state index is 11.4. The van der Waals surface area contributed by atoms with Crippen LogP contribution in [0.15, 0.2) is 53.4 Å². The second kappa shape index (κ2) is 4.63. The monoisotopic (exact) mass is 257 g/mol. The second-order valence-electron chi connectivity index (χ2n) is 3.95. The van der Waals surface area contributed by atoms with Crippen molar-refractivity contribution in [1.82, 2.24) is 0 Å². The van der Waals surface area contributed by atoms with Crippen molar-refractivity contribution in [3.63, 3.8) is 0 Å². The van der Waals surface area contributed by atoms with Crippen LogP contribution < -0.4 is 0 Å². The van der Waals surface area contributed by atoms with Gasteiger partial charge in [0.05, 0.1) is 16.5 Å². The smallest absolute Gasteiger partial charge is 0.175 e. The van der Waals surface area contributed by atoms with Gasteiger partial charge in [-0.25, -0.2) is 8.42 Å². The third-order valence-electron chi connectivity index (χ3n) is 2.64. The van der Waals surface area contributed by atoms with Crippen LogP contribution in [0.5, 0.6) is 0 Å². The van der Waals surface area contributed by atoms with E-state index >= 15 is 0 Å². The van der Waals surface area contributed by atoms with Crippen molar-refractivity contribution >= 4 is 9.84 Å². The van der Waals surface area contributed by atoms with E-state index in [-0.39, 0.29) is 4.90 Å². The minimum absolute atomic E-state index is 0.278. The summed E-state index contributed by atoms with van der Waals surface area (Å²) in [6.45, 7) is 0. The highest BCUT2D eigenvalue weighted by molar-refractivity contribution is 7.90. The summed E-state index contributed by atoms with van der Waals surface area (Å²) in [6.07, 6.45) is 1.17. The number of benzene rings is 2. The van der Waals surface area contributed by atoms with Gasteiger partial charge >= 0.3 is 0 Å². The summed E-state index contributed by atoms with van der Waals surface area (Å²) in [6, 6.07) is 15.9. The highest BCUT2D eigenvalue weighted by Gasteiger charge is 2.08. The van der Waals surface area contributed by atoms with E-state index in [1.807, 2.05) is 12.1 Å². The number of hydrogen-bond donors (Lipinski definition) is 0. The molecule has 18 heavy (non-hydrogen) atoms. The van der Waals surface area contributed by atoms with Crippen molar-refractivity contribution in [1.29, 1.82) is 5.26 Å². The molecule has 2 aromatic carbocycles. The fraction of sp³-hybridized carbons (Fsp3) is 0.0714. The molecule has 0 unspecified atom stereocenters. The highest BCUT2D eigenvalue weighted by atomic mass is 32.2. The number of nitrogens with zero attached hydrogens (tertiary/aromatic N) is 1. The Bertz CT molecular complexity index is 710. The first-order valence-corrected chi connectivity index (χ1v) is 7.21. The molecule has 4 heteroatoms. The normalized spacial score (nSPS) is 10.9. The molecule has 0 saturated heterocycles. The SMILES string of the molecule is CS(=O)(=O)c1ccc(-c2ccccc2C#N)cc1. The Morgan fingerprint density at radius 1 is 1.00 bits per heavy atom. The van der Waals surface area contributed by atoms with Crippen LogP contribution in [0.4, 0.5) is 0 Å². The molecule has 0 heterocycles. The minimum atomic E-state index is -3.18. The Kier molecular flexibility index (Phi) is 3.17. The summed E-state index contributed by atoms with van der Waals surface area (Å²) in [4.78, 5) is 0.278. The van der Waals surface area contributed by atoms with Gasteiger partial charge in [-0.2, -0.15) is 5.26 Å². The molecule has 0 radical (unpaired) electrons. The summed E-state index contributed by atoms with van der Waals surface area (Å²) in [5.74, 6) is 0. The first-order valence-electron chi connectivity index (χ1n) is 5.32. The molecule has 0 amide bonds. The van der Waals surface area contributed by atoms with Gasteiger partial charge in [-0.3, -0.25) is 0 Å². The van der Waals surface area contributed by atoms with E-state index < -0.39 is 9.84 Å². The van der Waals surface area contributed by atoms with E-state index in [1.54, 1.807) is 36.4 Å². The molecule has 0 bridgehead atoms. The fourth-order valence-electron chi connectivity index (χ4n) is 1.71. The molecular formula is C14H11NO2S. The molecule has 3 nitrogen and oxygen atoms in total. The van der Waals surface area contributed by atoms with Crippen molar-refractivity contribution in [2.45, 2.75) is 4.90 Å². The molecular weight excluding hydrogens is 246 g/mol. The molecule has 2 aromatic rings. The van der Waals surface area contributed by atoms with Crippen molar-refractivity contribution in [2.75, 3.05) is 6.26 Å². The van der Waals surface area contributed by atoms with Gasteiger partial charge in [-0.1, -0.05) is 30.3 Å². The van der Waals surface area contributed by atoms with Crippen LogP contribution in [0.2, 0.25) is 0 Å². The fourth-order valence-corrected chi connectivity index (χ4v) is 2.34. The lowest BCUT2D eigenvalue weighted by atomic mass is 10.0. The first kappa shape index (κ1) is 12.3. The molecule has 0 aliphatic rings. The molecule has 0 fully saturated rings. The second-order valence-corrected chi connectivity index (χ2v) is 5.97. The van der Waals surface area contributed by atoms with Crippen LogP contribution in [0.3, 0.4) is 0 Å². The standard InChI is InChI=1S/C14H11NO2S/c1-18(16,17)13-8-6-11(7-9-13)14-5-3-2-4-12(14)10-15/h2-9H,1H3. The van der Waals surface area contributed by atoms with Crippen LogP contribution in [-0.2, 0) is 9.84 Å². The lowest BCUT2D eigenvalue weighted by molar-refractivity contribution is 0.602.